The van der Waals surface area contributed by atoms with E-state index in [9.17, 15) is 18.0 Å². The van der Waals surface area contributed by atoms with Crippen molar-refractivity contribution in [3.63, 3.8) is 0 Å². The van der Waals surface area contributed by atoms with E-state index in [2.05, 4.69) is 10.3 Å². The number of carbonyl (C=O) groups excluding carboxylic acids is 2. The van der Waals surface area contributed by atoms with E-state index in [4.69, 9.17) is 0 Å². The summed E-state index contributed by atoms with van der Waals surface area (Å²) in [5.74, 6) is -0.683. The van der Waals surface area contributed by atoms with Crippen LogP contribution in [0.3, 0.4) is 0 Å². The van der Waals surface area contributed by atoms with Gasteiger partial charge >= 0.3 is 0 Å². The molecule has 0 bridgehead atoms. The van der Waals surface area contributed by atoms with Crippen LogP contribution in [0.25, 0.3) is 5.52 Å². The predicted octanol–water partition coefficient (Wildman–Crippen LogP) is 2.28. The molecule has 2 amide bonds. The van der Waals surface area contributed by atoms with Gasteiger partial charge in [0.1, 0.15) is 6.04 Å². The van der Waals surface area contributed by atoms with Gasteiger partial charge in [0.2, 0.25) is 20.9 Å². The van der Waals surface area contributed by atoms with Crippen LogP contribution in [0.4, 0.5) is 0 Å². The molecule has 10 heteroatoms. The van der Waals surface area contributed by atoms with Crippen molar-refractivity contribution in [3.8, 4) is 0 Å². The highest BCUT2D eigenvalue weighted by atomic mass is 32.2. The van der Waals surface area contributed by atoms with Crippen LogP contribution in [-0.2, 0) is 27.6 Å². The molecule has 31 heavy (non-hydrogen) atoms. The molecule has 0 saturated carbocycles. The normalized spacial score (nSPS) is 15.0. The second kappa shape index (κ2) is 8.43. The fraction of sp³-hybridized carbons (Fsp3) is 0.381. The predicted molar refractivity (Wildman–Crippen MR) is 118 cm³/mol. The molecule has 0 fully saturated rings. The number of pyridine rings is 1. The molecule has 3 aromatic heterocycles. The van der Waals surface area contributed by atoms with Crippen LogP contribution < -0.4 is 5.32 Å². The van der Waals surface area contributed by atoms with Gasteiger partial charge in [0.15, 0.2) is 5.69 Å². The number of rotatable bonds is 6. The Hall–Kier alpha value is -2.72. The first-order valence-electron chi connectivity index (χ1n) is 10.1. The van der Waals surface area contributed by atoms with Gasteiger partial charge < -0.3 is 10.2 Å². The largest absolute Gasteiger partial charge is 0.339 e. The number of hydrogen-bond acceptors (Lipinski definition) is 6. The third-order valence-corrected chi connectivity index (χ3v) is 7.34. The zero-order chi connectivity index (χ0) is 22.2. The number of imidazole rings is 1. The molecule has 8 nitrogen and oxygen atoms in total. The summed E-state index contributed by atoms with van der Waals surface area (Å²) in [5, 5.41) is 4.64. The lowest BCUT2D eigenvalue weighted by atomic mass is 10.1. The van der Waals surface area contributed by atoms with Crippen molar-refractivity contribution in [3.05, 3.63) is 52.0 Å². The van der Waals surface area contributed by atoms with Gasteiger partial charge in [-0.25, -0.2) is 13.4 Å². The highest BCUT2D eigenvalue weighted by Gasteiger charge is 2.30. The summed E-state index contributed by atoms with van der Waals surface area (Å²) in [4.78, 5) is 33.5. The molecule has 4 rings (SSSR count). The standard InChI is InChI=1S/C21H24N4O4S2/c1-3-6-15(20(27)24-11-8-17-14(13-24)9-12-30-17)22-19(26)18-16-7-4-5-10-25(16)21(23-18)31(2,28)29/h4-5,7,9-10,12,15H,3,6,8,11,13H2,1-2H3,(H,22,26). The lowest BCUT2D eigenvalue weighted by Gasteiger charge is -2.30. The van der Waals surface area contributed by atoms with Gasteiger partial charge in [-0.05, 0) is 42.0 Å². The van der Waals surface area contributed by atoms with Gasteiger partial charge in [0.25, 0.3) is 5.91 Å². The van der Waals surface area contributed by atoms with Crippen LogP contribution >= 0.6 is 11.3 Å². The van der Waals surface area contributed by atoms with E-state index in [1.165, 1.54) is 9.28 Å². The average Bonchev–Trinajstić information content (AvgIpc) is 3.36. The van der Waals surface area contributed by atoms with E-state index in [0.717, 1.165) is 18.2 Å². The number of nitrogens with zero attached hydrogens (tertiary/aromatic N) is 3. The zero-order valence-electron chi connectivity index (χ0n) is 17.4. The maximum atomic E-state index is 13.2. The molecule has 0 saturated heterocycles. The molecule has 1 aliphatic heterocycles. The Morgan fingerprint density at radius 2 is 2.10 bits per heavy atom. The number of sulfone groups is 1. The number of carbonyl (C=O) groups is 2. The quantitative estimate of drug-likeness (QED) is 0.608. The first-order valence-corrected chi connectivity index (χ1v) is 12.9. The number of aromatic nitrogens is 2. The Balaban J connectivity index is 1.59. The fourth-order valence-corrected chi connectivity index (χ4v) is 5.53. The summed E-state index contributed by atoms with van der Waals surface area (Å²) in [6.07, 6.45) is 4.62. The third-order valence-electron chi connectivity index (χ3n) is 5.36. The minimum atomic E-state index is -3.64. The van der Waals surface area contributed by atoms with Crippen molar-refractivity contribution in [1.82, 2.24) is 19.6 Å². The summed E-state index contributed by atoms with van der Waals surface area (Å²) < 4.78 is 25.6. The van der Waals surface area contributed by atoms with E-state index in [1.54, 1.807) is 40.6 Å². The lowest BCUT2D eigenvalue weighted by Crippen LogP contribution is -2.49. The van der Waals surface area contributed by atoms with Crippen LogP contribution in [0.2, 0.25) is 0 Å². The van der Waals surface area contributed by atoms with Crippen molar-refractivity contribution in [2.24, 2.45) is 0 Å². The minimum Gasteiger partial charge on any atom is -0.339 e. The van der Waals surface area contributed by atoms with Crippen molar-refractivity contribution in [2.75, 3.05) is 12.8 Å². The second-order valence-electron chi connectivity index (χ2n) is 7.66. The first kappa shape index (κ1) is 21.5. The van der Waals surface area contributed by atoms with Crippen LogP contribution in [-0.4, -0.2) is 53.4 Å². The Morgan fingerprint density at radius 1 is 1.29 bits per heavy atom. The number of thiophene rings is 1. The maximum absolute atomic E-state index is 13.2. The Labute approximate surface area is 184 Å². The van der Waals surface area contributed by atoms with Crippen molar-refractivity contribution < 1.29 is 18.0 Å². The molecule has 0 aliphatic carbocycles. The number of fused-ring (bicyclic) bond motifs is 2. The molecule has 1 atom stereocenters. The zero-order valence-corrected chi connectivity index (χ0v) is 19.0. The smallest absolute Gasteiger partial charge is 0.272 e. The third kappa shape index (κ3) is 4.22. The summed E-state index contributed by atoms with van der Waals surface area (Å²) >= 11 is 1.70. The van der Waals surface area contributed by atoms with Crippen molar-refractivity contribution >= 4 is 38.5 Å². The van der Waals surface area contributed by atoms with Crippen LogP contribution in [0.5, 0.6) is 0 Å². The average molecular weight is 461 g/mol. The topological polar surface area (TPSA) is 101 Å². The van der Waals surface area contributed by atoms with E-state index in [1.807, 2.05) is 18.4 Å². The Morgan fingerprint density at radius 3 is 2.84 bits per heavy atom. The Bertz CT molecular complexity index is 1250. The molecule has 3 aromatic rings. The molecular formula is C21H24N4O4S2. The van der Waals surface area contributed by atoms with Gasteiger partial charge in [0, 0.05) is 30.4 Å². The first-order chi connectivity index (χ1) is 14.8. The lowest BCUT2D eigenvalue weighted by molar-refractivity contribution is -0.134. The van der Waals surface area contributed by atoms with Crippen LogP contribution in [0, 0.1) is 0 Å². The van der Waals surface area contributed by atoms with E-state index >= 15 is 0 Å². The molecule has 1 N–H and O–H groups in total. The van der Waals surface area contributed by atoms with Crippen LogP contribution in [0.15, 0.2) is 41.0 Å². The summed E-state index contributed by atoms with van der Waals surface area (Å²) in [7, 11) is -3.64. The van der Waals surface area contributed by atoms with Gasteiger partial charge in [0.05, 0.1) is 5.52 Å². The molecule has 4 heterocycles. The molecule has 0 spiro atoms. The molecule has 0 radical (unpaired) electrons. The highest BCUT2D eigenvalue weighted by Crippen LogP contribution is 2.25. The van der Waals surface area contributed by atoms with Crippen LogP contribution in [0.1, 0.15) is 40.7 Å². The van der Waals surface area contributed by atoms with Crippen molar-refractivity contribution in [2.45, 2.75) is 43.9 Å². The minimum absolute atomic E-state index is 0.00584. The summed E-state index contributed by atoms with van der Waals surface area (Å²) in [5.41, 5.74) is 1.53. The SMILES string of the molecule is CCCC(NC(=O)c1nc(S(C)(=O)=O)n2ccccc12)C(=O)N1CCc2sccc2C1. The second-order valence-corrected chi connectivity index (χ2v) is 10.6. The maximum Gasteiger partial charge on any atom is 0.272 e. The van der Waals surface area contributed by atoms with Crippen molar-refractivity contribution in [1.29, 1.82) is 0 Å². The summed E-state index contributed by atoms with van der Waals surface area (Å²) in [6.45, 7) is 3.11. The van der Waals surface area contributed by atoms with Gasteiger partial charge in [-0.15, -0.1) is 11.3 Å². The number of nitrogens with one attached hydrogen (secondary N) is 1. The van der Waals surface area contributed by atoms with Gasteiger partial charge in [-0.3, -0.25) is 14.0 Å². The number of hydrogen-bond donors (Lipinski definition) is 1. The number of amides is 2. The monoisotopic (exact) mass is 460 g/mol. The van der Waals surface area contributed by atoms with E-state index in [-0.39, 0.29) is 16.8 Å². The molecule has 164 valence electrons. The van der Waals surface area contributed by atoms with E-state index < -0.39 is 21.8 Å². The highest BCUT2D eigenvalue weighted by molar-refractivity contribution is 7.90. The van der Waals surface area contributed by atoms with Gasteiger partial charge in [-0.2, -0.15) is 0 Å². The molecule has 0 aromatic carbocycles. The van der Waals surface area contributed by atoms with E-state index in [0.29, 0.717) is 31.4 Å². The molecule has 1 unspecified atom stereocenters. The molecule has 1 aliphatic rings. The Kier molecular flexibility index (Phi) is 5.85. The summed E-state index contributed by atoms with van der Waals surface area (Å²) in [6, 6.07) is 6.36. The van der Waals surface area contributed by atoms with Gasteiger partial charge in [-0.1, -0.05) is 19.4 Å². The fourth-order valence-electron chi connectivity index (χ4n) is 3.87. The molecular weight excluding hydrogens is 436 g/mol.